The van der Waals surface area contributed by atoms with E-state index in [1.54, 1.807) is 6.33 Å². The molecule has 3 heterocycles. The third kappa shape index (κ3) is 4.34. The second kappa shape index (κ2) is 8.33. The molecule has 4 rings (SSSR count). The molecule has 1 N–H and O–H groups in total. The number of ether oxygens (including phenoxy) is 1. The molecule has 0 radical (unpaired) electrons. The van der Waals surface area contributed by atoms with E-state index in [2.05, 4.69) is 26.3 Å². The third-order valence-corrected chi connectivity index (χ3v) is 6.20. The highest BCUT2D eigenvalue weighted by atomic mass is 16.5. The summed E-state index contributed by atoms with van der Waals surface area (Å²) in [5.41, 5.74) is 1.21. The van der Waals surface area contributed by atoms with E-state index in [0.29, 0.717) is 24.3 Å². The van der Waals surface area contributed by atoms with Crippen LogP contribution in [0.3, 0.4) is 0 Å². The normalized spacial score (nSPS) is 22.8. The number of amides is 1. The zero-order valence-corrected chi connectivity index (χ0v) is 15.5. The minimum Gasteiger partial charge on any atom is -0.381 e. The Morgan fingerprint density at radius 1 is 1.12 bits per heavy atom. The predicted molar refractivity (Wildman–Crippen MR) is 100 cm³/mol. The number of piperidine rings is 1. The van der Waals surface area contributed by atoms with Crippen LogP contribution in [0.15, 0.2) is 12.4 Å². The summed E-state index contributed by atoms with van der Waals surface area (Å²) in [5.74, 6) is 2.40. The Morgan fingerprint density at radius 2 is 1.88 bits per heavy atom. The van der Waals surface area contributed by atoms with E-state index >= 15 is 0 Å². The van der Waals surface area contributed by atoms with Crippen LogP contribution in [0.5, 0.6) is 0 Å². The highest BCUT2D eigenvalue weighted by Gasteiger charge is 2.26. The first-order valence-electron chi connectivity index (χ1n) is 10.2. The number of rotatable bonds is 5. The summed E-state index contributed by atoms with van der Waals surface area (Å²) in [7, 11) is 0. The summed E-state index contributed by atoms with van der Waals surface area (Å²) in [6.45, 7) is 3.50. The van der Waals surface area contributed by atoms with Crippen molar-refractivity contribution in [3.63, 3.8) is 0 Å². The zero-order valence-electron chi connectivity index (χ0n) is 15.5. The molecule has 1 aliphatic carbocycles. The van der Waals surface area contributed by atoms with Crippen LogP contribution in [0.1, 0.15) is 63.0 Å². The van der Waals surface area contributed by atoms with Crippen molar-refractivity contribution in [2.24, 2.45) is 5.92 Å². The number of carbonyl (C=O) groups excluding carboxylic acids is 1. The first-order valence-corrected chi connectivity index (χ1v) is 10.2. The maximum absolute atomic E-state index is 12.3. The Bertz CT molecular complexity index is 606. The topological polar surface area (TPSA) is 67.4 Å². The predicted octanol–water partition coefficient (Wildman–Crippen LogP) is 2.65. The second-order valence-corrected chi connectivity index (χ2v) is 8.02. The molecular formula is C20H30N4O2. The van der Waals surface area contributed by atoms with Crippen molar-refractivity contribution >= 4 is 11.7 Å². The molecule has 142 valence electrons. The second-order valence-electron chi connectivity index (χ2n) is 8.02. The van der Waals surface area contributed by atoms with Crippen molar-refractivity contribution < 1.29 is 9.53 Å². The van der Waals surface area contributed by atoms with E-state index < -0.39 is 0 Å². The molecule has 26 heavy (non-hydrogen) atoms. The van der Waals surface area contributed by atoms with Gasteiger partial charge >= 0.3 is 0 Å². The highest BCUT2D eigenvalue weighted by Crippen LogP contribution is 2.36. The Balaban J connectivity index is 1.24. The molecule has 1 amide bonds. The molecule has 0 bridgehead atoms. The molecule has 0 aromatic carbocycles. The van der Waals surface area contributed by atoms with Gasteiger partial charge in [-0.25, -0.2) is 9.97 Å². The number of carbonyl (C=O) groups is 1. The Labute approximate surface area is 155 Å². The Hall–Kier alpha value is -1.69. The average Bonchev–Trinajstić information content (AvgIpc) is 2.62. The number of nitrogens with one attached hydrogen (secondary N) is 1. The van der Waals surface area contributed by atoms with Crippen molar-refractivity contribution in [3.05, 3.63) is 18.1 Å². The van der Waals surface area contributed by atoms with Crippen molar-refractivity contribution in [3.8, 4) is 0 Å². The van der Waals surface area contributed by atoms with Crippen molar-refractivity contribution in [1.82, 2.24) is 15.3 Å². The van der Waals surface area contributed by atoms with Gasteiger partial charge in [0, 0.05) is 56.4 Å². The quantitative estimate of drug-likeness (QED) is 0.876. The number of hydrogen-bond donors (Lipinski definition) is 1. The molecule has 3 fully saturated rings. The smallest absolute Gasteiger partial charge is 0.220 e. The number of hydrogen-bond acceptors (Lipinski definition) is 5. The van der Waals surface area contributed by atoms with Crippen LogP contribution in [0.25, 0.3) is 0 Å². The molecule has 6 nitrogen and oxygen atoms in total. The zero-order chi connectivity index (χ0) is 17.8. The fourth-order valence-electron chi connectivity index (χ4n) is 4.22. The van der Waals surface area contributed by atoms with Gasteiger partial charge in [-0.05, 0) is 44.4 Å². The fraction of sp³-hybridized carbons (Fsp3) is 0.750. The van der Waals surface area contributed by atoms with Crippen LogP contribution >= 0.6 is 0 Å². The van der Waals surface area contributed by atoms with Gasteiger partial charge < -0.3 is 15.0 Å². The van der Waals surface area contributed by atoms with E-state index in [0.717, 1.165) is 57.8 Å². The van der Waals surface area contributed by atoms with Gasteiger partial charge in [0.2, 0.25) is 5.91 Å². The molecule has 0 spiro atoms. The molecule has 1 aromatic heterocycles. The molecule has 2 aliphatic heterocycles. The summed E-state index contributed by atoms with van der Waals surface area (Å²) in [4.78, 5) is 23.6. The Morgan fingerprint density at radius 3 is 2.58 bits per heavy atom. The van der Waals surface area contributed by atoms with Gasteiger partial charge in [0.15, 0.2) is 0 Å². The van der Waals surface area contributed by atoms with Gasteiger partial charge in [0.1, 0.15) is 12.1 Å². The molecule has 6 heteroatoms. The lowest BCUT2D eigenvalue weighted by Gasteiger charge is -2.33. The minimum atomic E-state index is 0.213. The van der Waals surface area contributed by atoms with Gasteiger partial charge in [0.25, 0.3) is 0 Å². The molecule has 1 aromatic rings. The average molecular weight is 358 g/mol. The van der Waals surface area contributed by atoms with Gasteiger partial charge in [-0.2, -0.15) is 0 Å². The fourth-order valence-corrected chi connectivity index (χ4v) is 4.22. The first kappa shape index (κ1) is 17.7. The van der Waals surface area contributed by atoms with Gasteiger partial charge in [-0.3, -0.25) is 4.79 Å². The third-order valence-electron chi connectivity index (χ3n) is 6.20. The molecule has 2 saturated heterocycles. The lowest BCUT2D eigenvalue weighted by molar-refractivity contribution is -0.123. The summed E-state index contributed by atoms with van der Waals surface area (Å²) < 4.78 is 5.35. The van der Waals surface area contributed by atoms with E-state index in [1.807, 2.05) is 0 Å². The van der Waals surface area contributed by atoms with E-state index in [9.17, 15) is 4.79 Å². The van der Waals surface area contributed by atoms with Crippen molar-refractivity contribution in [1.29, 1.82) is 0 Å². The van der Waals surface area contributed by atoms with E-state index in [4.69, 9.17) is 4.74 Å². The molecule has 0 atom stereocenters. The van der Waals surface area contributed by atoms with Crippen LogP contribution in [0.4, 0.5) is 5.82 Å². The van der Waals surface area contributed by atoms with Crippen molar-refractivity contribution in [2.45, 2.75) is 63.3 Å². The molecule has 1 saturated carbocycles. The van der Waals surface area contributed by atoms with E-state index in [-0.39, 0.29) is 5.91 Å². The highest BCUT2D eigenvalue weighted by molar-refractivity contribution is 5.76. The van der Waals surface area contributed by atoms with Crippen LogP contribution in [0.2, 0.25) is 0 Å². The summed E-state index contributed by atoms with van der Waals surface area (Å²) in [5, 5.41) is 3.19. The molecule has 0 unspecified atom stereocenters. The largest absolute Gasteiger partial charge is 0.381 e. The maximum Gasteiger partial charge on any atom is 0.220 e. The number of aromatic nitrogens is 2. The maximum atomic E-state index is 12.3. The van der Waals surface area contributed by atoms with Crippen LogP contribution in [-0.4, -0.2) is 48.2 Å². The lowest BCUT2D eigenvalue weighted by atomic mass is 9.83. The van der Waals surface area contributed by atoms with Gasteiger partial charge in [-0.1, -0.05) is 6.42 Å². The molecule has 3 aliphatic rings. The van der Waals surface area contributed by atoms with E-state index in [1.165, 1.54) is 25.0 Å². The lowest BCUT2D eigenvalue weighted by Crippen LogP contribution is -2.41. The number of nitrogens with zero attached hydrogens (tertiary/aromatic N) is 3. The van der Waals surface area contributed by atoms with Crippen molar-refractivity contribution in [2.75, 3.05) is 31.2 Å². The minimum absolute atomic E-state index is 0.213. The standard InChI is InChI=1S/C20H30N4O2/c25-20(23-17-6-10-26-11-7-17)12-15-4-8-24(9-5-15)19-13-18(21-14-22-19)16-2-1-3-16/h13-17H,1-12H2,(H,23,25). The molecular weight excluding hydrogens is 328 g/mol. The van der Waals surface area contributed by atoms with Crippen LogP contribution in [0, 0.1) is 5.92 Å². The number of anilines is 1. The summed E-state index contributed by atoms with van der Waals surface area (Å²) in [6.07, 6.45) is 10.2. The SMILES string of the molecule is O=C(CC1CCN(c2cc(C3CCC3)ncn2)CC1)NC1CCOCC1. The van der Waals surface area contributed by atoms with Crippen LogP contribution < -0.4 is 10.2 Å². The van der Waals surface area contributed by atoms with Gasteiger partial charge in [0.05, 0.1) is 0 Å². The van der Waals surface area contributed by atoms with Crippen LogP contribution in [-0.2, 0) is 9.53 Å². The first-order chi connectivity index (χ1) is 12.8. The monoisotopic (exact) mass is 358 g/mol. The summed E-state index contributed by atoms with van der Waals surface area (Å²) >= 11 is 0. The van der Waals surface area contributed by atoms with Gasteiger partial charge in [-0.15, -0.1) is 0 Å². The Kier molecular flexibility index (Phi) is 5.68. The summed E-state index contributed by atoms with van der Waals surface area (Å²) in [6, 6.07) is 2.49.